The standard InChI is InChI=1S/C14H14ClNO/c1-9(16)11-4-7-14(15)13(8-11)10-2-5-12(17)6-3-10/h2-9,17H,16H2,1H3. The molecule has 0 aliphatic carbocycles. The molecule has 0 radical (unpaired) electrons. The molecular formula is C14H14ClNO. The fraction of sp³-hybridized carbons (Fsp3) is 0.143. The van der Waals surface area contributed by atoms with Crippen LogP contribution in [0.4, 0.5) is 0 Å². The van der Waals surface area contributed by atoms with Gasteiger partial charge in [-0.05, 0) is 42.3 Å². The number of halogens is 1. The molecule has 3 N–H and O–H groups in total. The second-order valence-corrected chi connectivity index (χ2v) is 4.48. The number of aromatic hydroxyl groups is 1. The number of rotatable bonds is 2. The molecule has 2 aromatic carbocycles. The summed E-state index contributed by atoms with van der Waals surface area (Å²) in [5.74, 6) is 0.244. The number of phenols is 1. The predicted octanol–water partition coefficient (Wildman–Crippen LogP) is 3.73. The highest BCUT2D eigenvalue weighted by Gasteiger charge is 2.07. The lowest BCUT2D eigenvalue weighted by atomic mass is 10.0. The second kappa shape index (κ2) is 4.78. The molecule has 0 heterocycles. The van der Waals surface area contributed by atoms with Crippen LogP contribution >= 0.6 is 11.6 Å². The lowest BCUT2D eigenvalue weighted by Crippen LogP contribution is -2.04. The maximum Gasteiger partial charge on any atom is 0.115 e. The van der Waals surface area contributed by atoms with Crippen molar-refractivity contribution in [3.8, 4) is 16.9 Å². The van der Waals surface area contributed by atoms with Crippen molar-refractivity contribution in [1.29, 1.82) is 0 Å². The van der Waals surface area contributed by atoms with E-state index in [0.717, 1.165) is 16.7 Å². The average Bonchev–Trinajstić information content (AvgIpc) is 2.31. The number of hydrogen-bond acceptors (Lipinski definition) is 2. The topological polar surface area (TPSA) is 46.2 Å². The van der Waals surface area contributed by atoms with Crippen molar-refractivity contribution in [2.45, 2.75) is 13.0 Å². The van der Waals surface area contributed by atoms with E-state index in [1.807, 2.05) is 37.3 Å². The van der Waals surface area contributed by atoms with Crippen molar-refractivity contribution in [2.24, 2.45) is 5.73 Å². The van der Waals surface area contributed by atoms with Gasteiger partial charge in [0.1, 0.15) is 5.75 Å². The molecule has 2 aromatic rings. The van der Waals surface area contributed by atoms with Crippen LogP contribution in [0.5, 0.6) is 5.75 Å². The summed E-state index contributed by atoms with van der Waals surface area (Å²) in [6.45, 7) is 1.93. The molecule has 0 saturated carbocycles. The smallest absolute Gasteiger partial charge is 0.115 e. The summed E-state index contributed by atoms with van der Waals surface area (Å²) in [5.41, 5.74) is 8.79. The third kappa shape index (κ3) is 2.60. The van der Waals surface area contributed by atoms with Gasteiger partial charge in [-0.15, -0.1) is 0 Å². The van der Waals surface area contributed by atoms with Crippen LogP contribution in [0.15, 0.2) is 42.5 Å². The van der Waals surface area contributed by atoms with E-state index in [0.29, 0.717) is 5.02 Å². The maximum absolute atomic E-state index is 9.26. The molecule has 0 fully saturated rings. The third-order valence-electron chi connectivity index (χ3n) is 2.69. The van der Waals surface area contributed by atoms with Gasteiger partial charge in [-0.1, -0.05) is 29.8 Å². The Balaban J connectivity index is 2.50. The lowest BCUT2D eigenvalue weighted by molar-refractivity contribution is 0.475. The summed E-state index contributed by atoms with van der Waals surface area (Å²) < 4.78 is 0. The molecule has 0 spiro atoms. The summed E-state index contributed by atoms with van der Waals surface area (Å²) >= 11 is 6.17. The van der Waals surface area contributed by atoms with Crippen LogP contribution in [0.1, 0.15) is 18.5 Å². The van der Waals surface area contributed by atoms with Crippen LogP contribution in [0.2, 0.25) is 5.02 Å². The van der Waals surface area contributed by atoms with E-state index in [2.05, 4.69) is 0 Å². The van der Waals surface area contributed by atoms with E-state index in [1.54, 1.807) is 12.1 Å². The van der Waals surface area contributed by atoms with Crippen LogP contribution in [0, 0.1) is 0 Å². The summed E-state index contributed by atoms with van der Waals surface area (Å²) in [6.07, 6.45) is 0. The first kappa shape index (κ1) is 12.0. The van der Waals surface area contributed by atoms with Gasteiger partial charge in [-0.25, -0.2) is 0 Å². The Morgan fingerprint density at radius 1 is 1.12 bits per heavy atom. The Hall–Kier alpha value is -1.51. The largest absolute Gasteiger partial charge is 0.508 e. The van der Waals surface area contributed by atoms with Gasteiger partial charge < -0.3 is 10.8 Å². The van der Waals surface area contributed by atoms with Crippen molar-refractivity contribution in [3.05, 3.63) is 53.1 Å². The predicted molar refractivity (Wildman–Crippen MR) is 71.2 cm³/mol. The first-order chi connectivity index (χ1) is 8.08. The molecule has 0 amide bonds. The SMILES string of the molecule is CC(N)c1ccc(Cl)c(-c2ccc(O)cc2)c1. The van der Waals surface area contributed by atoms with E-state index < -0.39 is 0 Å². The fourth-order valence-electron chi connectivity index (χ4n) is 1.69. The van der Waals surface area contributed by atoms with Crippen LogP contribution in [-0.4, -0.2) is 5.11 Å². The van der Waals surface area contributed by atoms with Gasteiger partial charge in [0, 0.05) is 16.6 Å². The molecule has 88 valence electrons. The molecule has 0 aliphatic rings. The molecular weight excluding hydrogens is 234 g/mol. The molecule has 2 rings (SSSR count). The molecule has 0 aromatic heterocycles. The minimum absolute atomic E-state index is 0.0249. The molecule has 0 bridgehead atoms. The van der Waals surface area contributed by atoms with Crippen LogP contribution in [0.25, 0.3) is 11.1 Å². The number of benzene rings is 2. The third-order valence-corrected chi connectivity index (χ3v) is 3.02. The van der Waals surface area contributed by atoms with Gasteiger partial charge in [0.25, 0.3) is 0 Å². The number of hydrogen-bond donors (Lipinski definition) is 2. The summed E-state index contributed by atoms with van der Waals surface area (Å²) in [5, 5.41) is 9.94. The van der Waals surface area contributed by atoms with Crippen molar-refractivity contribution in [3.63, 3.8) is 0 Å². The first-order valence-corrected chi connectivity index (χ1v) is 5.80. The van der Waals surface area contributed by atoms with Crippen LogP contribution in [0.3, 0.4) is 0 Å². The Morgan fingerprint density at radius 3 is 2.35 bits per heavy atom. The van der Waals surface area contributed by atoms with Gasteiger partial charge in [0.2, 0.25) is 0 Å². The van der Waals surface area contributed by atoms with Crippen molar-refractivity contribution >= 4 is 11.6 Å². The zero-order valence-corrected chi connectivity index (χ0v) is 10.3. The second-order valence-electron chi connectivity index (χ2n) is 4.07. The van der Waals surface area contributed by atoms with Gasteiger partial charge in [-0.2, -0.15) is 0 Å². The summed E-state index contributed by atoms with van der Waals surface area (Å²) in [7, 11) is 0. The lowest BCUT2D eigenvalue weighted by Gasteiger charge is -2.10. The number of nitrogens with two attached hydrogens (primary N) is 1. The zero-order valence-electron chi connectivity index (χ0n) is 9.52. The Morgan fingerprint density at radius 2 is 1.76 bits per heavy atom. The molecule has 17 heavy (non-hydrogen) atoms. The zero-order chi connectivity index (χ0) is 12.4. The van der Waals surface area contributed by atoms with Gasteiger partial charge in [0.15, 0.2) is 0 Å². The van der Waals surface area contributed by atoms with Crippen LogP contribution in [-0.2, 0) is 0 Å². The Labute approximate surface area is 106 Å². The average molecular weight is 248 g/mol. The van der Waals surface area contributed by atoms with E-state index in [1.165, 1.54) is 0 Å². The molecule has 1 atom stereocenters. The van der Waals surface area contributed by atoms with E-state index in [4.69, 9.17) is 17.3 Å². The Kier molecular flexibility index (Phi) is 3.36. The first-order valence-electron chi connectivity index (χ1n) is 5.42. The normalized spacial score (nSPS) is 12.4. The van der Waals surface area contributed by atoms with Gasteiger partial charge in [0.05, 0.1) is 0 Å². The fourth-order valence-corrected chi connectivity index (χ4v) is 1.91. The maximum atomic E-state index is 9.26. The minimum Gasteiger partial charge on any atom is -0.508 e. The number of phenolic OH excluding ortho intramolecular Hbond substituents is 1. The minimum atomic E-state index is -0.0249. The van der Waals surface area contributed by atoms with Crippen LogP contribution < -0.4 is 5.73 Å². The van der Waals surface area contributed by atoms with E-state index in [9.17, 15) is 5.11 Å². The molecule has 0 saturated heterocycles. The van der Waals surface area contributed by atoms with Crippen molar-refractivity contribution < 1.29 is 5.11 Å². The highest BCUT2D eigenvalue weighted by molar-refractivity contribution is 6.33. The highest BCUT2D eigenvalue weighted by Crippen LogP contribution is 2.31. The molecule has 0 aliphatic heterocycles. The Bertz CT molecular complexity index is 520. The summed E-state index contributed by atoms with van der Waals surface area (Å²) in [6, 6.07) is 12.7. The van der Waals surface area contributed by atoms with Crippen molar-refractivity contribution in [2.75, 3.05) is 0 Å². The van der Waals surface area contributed by atoms with E-state index in [-0.39, 0.29) is 11.8 Å². The summed E-state index contributed by atoms with van der Waals surface area (Å²) in [4.78, 5) is 0. The quantitative estimate of drug-likeness (QED) is 0.849. The molecule has 2 nitrogen and oxygen atoms in total. The van der Waals surface area contributed by atoms with Crippen molar-refractivity contribution in [1.82, 2.24) is 0 Å². The van der Waals surface area contributed by atoms with E-state index >= 15 is 0 Å². The molecule has 3 heteroatoms. The highest BCUT2D eigenvalue weighted by atomic mass is 35.5. The monoisotopic (exact) mass is 247 g/mol. The molecule has 1 unspecified atom stereocenters. The van der Waals surface area contributed by atoms with Gasteiger partial charge >= 0.3 is 0 Å². The van der Waals surface area contributed by atoms with Gasteiger partial charge in [-0.3, -0.25) is 0 Å².